The fourth-order valence-electron chi connectivity index (χ4n) is 2.45. The predicted octanol–water partition coefficient (Wildman–Crippen LogP) is 4.04. The third-order valence-electron chi connectivity index (χ3n) is 3.46. The quantitative estimate of drug-likeness (QED) is 0.694. The monoisotopic (exact) mass is 283 g/mol. The van der Waals surface area contributed by atoms with Gasteiger partial charge in [0.15, 0.2) is 0 Å². The summed E-state index contributed by atoms with van der Waals surface area (Å²) < 4.78 is 39.7. The smallest absolute Gasteiger partial charge is 0.288 e. The molecule has 108 valence electrons. The first-order valence-corrected chi connectivity index (χ1v) is 7.98. The van der Waals surface area contributed by atoms with Gasteiger partial charge in [-0.25, -0.2) is 0 Å². The fraction of sp³-hybridized carbons (Fsp3) is 1.00. The fourth-order valence-corrected chi connectivity index (χ4v) is 3.13. The standard InChI is InChI=1S/C13H24F3NS/c1-9(2)12(13(14,15)16)17(7-11-5-6-11)10(3)8-18-4/h9-12H,5-8H2,1-4H3/t10-,12-/m1/s1. The second-order valence-corrected chi connectivity index (χ2v) is 6.59. The lowest BCUT2D eigenvalue weighted by atomic mass is 10.00. The topological polar surface area (TPSA) is 3.24 Å². The van der Waals surface area contributed by atoms with Gasteiger partial charge in [-0.2, -0.15) is 24.9 Å². The van der Waals surface area contributed by atoms with Crippen LogP contribution in [0.15, 0.2) is 0 Å². The summed E-state index contributed by atoms with van der Waals surface area (Å²) in [4.78, 5) is 1.69. The summed E-state index contributed by atoms with van der Waals surface area (Å²) >= 11 is 1.62. The summed E-state index contributed by atoms with van der Waals surface area (Å²) in [6.07, 6.45) is -0.00415. The molecule has 0 aliphatic heterocycles. The zero-order valence-corrected chi connectivity index (χ0v) is 12.4. The van der Waals surface area contributed by atoms with Crippen LogP contribution in [-0.4, -0.2) is 41.7 Å². The van der Waals surface area contributed by atoms with Gasteiger partial charge in [0.05, 0.1) is 0 Å². The molecule has 0 amide bonds. The average Bonchev–Trinajstić information content (AvgIpc) is 2.98. The molecule has 0 aromatic heterocycles. The third-order valence-corrected chi connectivity index (χ3v) is 4.28. The molecule has 0 aromatic carbocycles. The lowest BCUT2D eigenvalue weighted by Gasteiger charge is -2.39. The van der Waals surface area contributed by atoms with E-state index in [9.17, 15) is 13.2 Å². The molecule has 1 saturated carbocycles. The second kappa shape index (κ2) is 6.51. The Morgan fingerprint density at radius 3 is 2.11 bits per heavy atom. The van der Waals surface area contributed by atoms with Gasteiger partial charge in [0.1, 0.15) is 6.04 Å². The lowest BCUT2D eigenvalue weighted by Crippen LogP contribution is -2.54. The van der Waals surface area contributed by atoms with Crippen molar-refractivity contribution in [1.29, 1.82) is 0 Å². The molecule has 0 saturated heterocycles. The number of nitrogens with zero attached hydrogens (tertiary/aromatic N) is 1. The van der Waals surface area contributed by atoms with Crippen molar-refractivity contribution < 1.29 is 13.2 Å². The van der Waals surface area contributed by atoms with Crippen molar-refractivity contribution >= 4 is 11.8 Å². The molecule has 1 fully saturated rings. The Morgan fingerprint density at radius 2 is 1.78 bits per heavy atom. The van der Waals surface area contributed by atoms with Gasteiger partial charge in [-0.1, -0.05) is 13.8 Å². The number of hydrogen-bond donors (Lipinski definition) is 0. The maximum absolute atomic E-state index is 13.2. The van der Waals surface area contributed by atoms with Gasteiger partial charge in [0.25, 0.3) is 0 Å². The molecule has 0 radical (unpaired) electrons. The summed E-state index contributed by atoms with van der Waals surface area (Å²) in [5.41, 5.74) is 0. The third kappa shape index (κ3) is 4.65. The maximum Gasteiger partial charge on any atom is 0.404 e. The van der Waals surface area contributed by atoms with E-state index in [1.165, 1.54) is 0 Å². The van der Waals surface area contributed by atoms with Crippen molar-refractivity contribution in [1.82, 2.24) is 4.90 Å². The molecular formula is C13H24F3NS. The number of halogens is 3. The van der Waals surface area contributed by atoms with Crippen LogP contribution in [0.1, 0.15) is 33.6 Å². The van der Waals surface area contributed by atoms with Crippen LogP contribution in [0, 0.1) is 11.8 Å². The van der Waals surface area contributed by atoms with E-state index >= 15 is 0 Å². The highest BCUT2D eigenvalue weighted by Gasteiger charge is 2.47. The maximum atomic E-state index is 13.2. The van der Waals surface area contributed by atoms with E-state index in [1.807, 2.05) is 13.2 Å². The van der Waals surface area contributed by atoms with E-state index in [2.05, 4.69) is 0 Å². The summed E-state index contributed by atoms with van der Waals surface area (Å²) in [7, 11) is 0. The Balaban J connectivity index is 2.82. The van der Waals surface area contributed by atoms with Crippen LogP contribution in [0.25, 0.3) is 0 Å². The Hall–Kier alpha value is 0.100. The summed E-state index contributed by atoms with van der Waals surface area (Å²) in [5, 5.41) is 0. The minimum Gasteiger partial charge on any atom is -0.288 e. The van der Waals surface area contributed by atoms with Crippen LogP contribution in [0.2, 0.25) is 0 Å². The molecule has 5 heteroatoms. The number of hydrogen-bond acceptors (Lipinski definition) is 2. The molecule has 0 heterocycles. The van der Waals surface area contributed by atoms with Gasteiger partial charge in [0, 0.05) is 18.3 Å². The lowest BCUT2D eigenvalue weighted by molar-refractivity contribution is -0.200. The van der Waals surface area contributed by atoms with Gasteiger partial charge in [0.2, 0.25) is 0 Å². The molecule has 18 heavy (non-hydrogen) atoms. The van der Waals surface area contributed by atoms with Crippen LogP contribution in [0.4, 0.5) is 13.2 Å². The van der Waals surface area contributed by atoms with E-state index in [1.54, 1.807) is 30.5 Å². The van der Waals surface area contributed by atoms with Gasteiger partial charge >= 0.3 is 6.18 Å². The Bertz CT molecular complexity index is 251. The highest BCUT2D eigenvalue weighted by atomic mass is 32.2. The number of rotatable bonds is 7. The highest BCUT2D eigenvalue weighted by molar-refractivity contribution is 7.98. The first kappa shape index (κ1) is 16.2. The molecule has 0 N–H and O–H groups in total. The Morgan fingerprint density at radius 1 is 1.22 bits per heavy atom. The van der Waals surface area contributed by atoms with E-state index in [0.29, 0.717) is 12.5 Å². The highest BCUT2D eigenvalue weighted by Crippen LogP contribution is 2.36. The first-order valence-electron chi connectivity index (χ1n) is 6.58. The van der Waals surface area contributed by atoms with Crippen LogP contribution in [-0.2, 0) is 0 Å². The molecule has 0 bridgehead atoms. The van der Waals surface area contributed by atoms with Crippen molar-refractivity contribution in [3.05, 3.63) is 0 Å². The van der Waals surface area contributed by atoms with Gasteiger partial charge < -0.3 is 0 Å². The number of thioether (sulfide) groups is 1. The zero-order valence-electron chi connectivity index (χ0n) is 11.6. The molecule has 1 aliphatic rings. The summed E-state index contributed by atoms with van der Waals surface area (Å²) in [6.45, 7) is 5.86. The molecule has 1 aliphatic carbocycles. The van der Waals surface area contributed by atoms with Crippen LogP contribution >= 0.6 is 11.8 Å². The molecule has 0 spiro atoms. The minimum absolute atomic E-state index is 0.0189. The van der Waals surface area contributed by atoms with Crippen LogP contribution in [0.3, 0.4) is 0 Å². The minimum atomic E-state index is -4.13. The van der Waals surface area contributed by atoms with E-state index in [-0.39, 0.29) is 6.04 Å². The van der Waals surface area contributed by atoms with E-state index in [0.717, 1.165) is 18.6 Å². The van der Waals surface area contributed by atoms with Gasteiger partial charge in [-0.3, -0.25) is 4.90 Å². The largest absolute Gasteiger partial charge is 0.404 e. The predicted molar refractivity (Wildman–Crippen MR) is 72.0 cm³/mol. The second-order valence-electron chi connectivity index (χ2n) is 5.67. The van der Waals surface area contributed by atoms with Crippen LogP contribution in [0.5, 0.6) is 0 Å². The van der Waals surface area contributed by atoms with Crippen molar-refractivity contribution in [2.75, 3.05) is 18.6 Å². The van der Waals surface area contributed by atoms with Gasteiger partial charge in [-0.15, -0.1) is 0 Å². The average molecular weight is 283 g/mol. The molecular weight excluding hydrogens is 259 g/mol. The van der Waals surface area contributed by atoms with Crippen molar-refractivity contribution in [3.8, 4) is 0 Å². The summed E-state index contributed by atoms with van der Waals surface area (Å²) in [5.74, 6) is 0.845. The van der Waals surface area contributed by atoms with Crippen molar-refractivity contribution in [2.24, 2.45) is 11.8 Å². The van der Waals surface area contributed by atoms with Crippen LogP contribution < -0.4 is 0 Å². The molecule has 0 aromatic rings. The first-order chi connectivity index (χ1) is 8.27. The SMILES string of the molecule is CSC[C@@H](C)N(CC1CC1)[C@H](C(C)C)C(F)(F)F. The molecule has 1 rings (SSSR count). The Labute approximate surface area is 112 Å². The molecule has 2 atom stereocenters. The molecule has 1 nitrogen and oxygen atoms in total. The zero-order chi connectivity index (χ0) is 13.9. The number of alkyl halides is 3. The van der Waals surface area contributed by atoms with E-state index in [4.69, 9.17) is 0 Å². The van der Waals surface area contributed by atoms with Crippen molar-refractivity contribution in [2.45, 2.75) is 51.9 Å². The summed E-state index contributed by atoms with van der Waals surface area (Å²) in [6, 6.07) is -1.32. The Kier molecular flexibility index (Phi) is 5.84. The van der Waals surface area contributed by atoms with E-state index < -0.39 is 18.1 Å². The molecule has 0 unspecified atom stereocenters. The normalized spacial score (nSPS) is 20.5. The van der Waals surface area contributed by atoms with Gasteiger partial charge in [-0.05, 0) is 37.9 Å². The van der Waals surface area contributed by atoms with Crippen molar-refractivity contribution in [3.63, 3.8) is 0 Å².